The van der Waals surface area contributed by atoms with Gasteiger partial charge in [-0.25, -0.2) is 9.78 Å². The SMILES string of the molecule is CC(C)COc1ccc(C(=O)O[C@@H](C)C(=O)Nc2ncc(Cl)cc2Cl)cc1. The predicted octanol–water partition coefficient (Wildman–Crippen LogP) is 4.61. The fraction of sp³-hybridized carbons (Fsp3) is 0.316. The van der Waals surface area contributed by atoms with Crippen molar-refractivity contribution in [3.63, 3.8) is 0 Å². The first-order valence-electron chi connectivity index (χ1n) is 8.32. The molecule has 144 valence electrons. The van der Waals surface area contributed by atoms with Crippen molar-refractivity contribution in [2.24, 2.45) is 5.92 Å². The molecule has 1 N–H and O–H groups in total. The van der Waals surface area contributed by atoms with Crippen LogP contribution in [0.4, 0.5) is 5.82 Å². The number of hydrogen-bond acceptors (Lipinski definition) is 5. The van der Waals surface area contributed by atoms with E-state index in [1.165, 1.54) is 19.2 Å². The topological polar surface area (TPSA) is 77.5 Å². The molecule has 0 fully saturated rings. The zero-order valence-electron chi connectivity index (χ0n) is 15.2. The average Bonchev–Trinajstić information content (AvgIpc) is 2.62. The number of nitrogens with one attached hydrogen (secondary N) is 1. The first-order valence-corrected chi connectivity index (χ1v) is 9.07. The summed E-state index contributed by atoms with van der Waals surface area (Å²) >= 11 is 11.7. The minimum atomic E-state index is -1.04. The second-order valence-electron chi connectivity index (χ2n) is 6.25. The fourth-order valence-corrected chi connectivity index (χ4v) is 2.38. The van der Waals surface area contributed by atoms with Gasteiger partial charge in [0.25, 0.3) is 5.91 Å². The van der Waals surface area contributed by atoms with E-state index in [-0.39, 0.29) is 10.8 Å². The van der Waals surface area contributed by atoms with Crippen molar-refractivity contribution >= 4 is 40.9 Å². The molecule has 0 aliphatic carbocycles. The Morgan fingerprint density at radius 2 is 1.81 bits per heavy atom. The molecule has 0 radical (unpaired) electrons. The van der Waals surface area contributed by atoms with Gasteiger partial charge in [-0.2, -0.15) is 0 Å². The van der Waals surface area contributed by atoms with Gasteiger partial charge in [0.15, 0.2) is 11.9 Å². The summed E-state index contributed by atoms with van der Waals surface area (Å²) in [6, 6.07) is 7.98. The molecule has 2 rings (SSSR count). The molecule has 2 aromatic rings. The van der Waals surface area contributed by atoms with E-state index in [9.17, 15) is 9.59 Å². The zero-order chi connectivity index (χ0) is 20.0. The molecular weight excluding hydrogens is 391 g/mol. The maximum atomic E-state index is 12.2. The van der Waals surface area contributed by atoms with Crippen molar-refractivity contribution < 1.29 is 19.1 Å². The summed E-state index contributed by atoms with van der Waals surface area (Å²) in [4.78, 5) is 28.3. The van der Waals surface area contributed by atoms with E-state index in [1.54, 1.807) is 24.3 Å². The summed E-state index contributed by atoms with van der Waals surface area (Å²) in [6.45, 7) is 6.13. The number of anilines is 1. The predicted molar refractivity (Wildman–Crippen MR) is 105 cm³/mol. The van der Waals surface area contributed by atoms with E-state index in [0.717, 1.165) is 0 Å². The lowest BCUT2D eigenvalue weighted by atomic mass is 10.2. The molecule has 27 heavy (non-hydrogen) atoms. The Labute approximate surface area is 167 Å². The molecule has 0 spiro atoms. The molecule has 0 saturated heterocycles. The van der Waals surface area contributed by atoms with Gasteiger partial charge in [0, 0.05) is 6.20 Å². The molecule has 1 amide bonds. The van der Waals surface area contributed by atoms with Crippen LogP contribution in [0.2, 0.25) is 10.0 Å². The lowest BCUT2D eigenvalue weighted by Gasteiger charge is -2.14. The Morgan fingerprint density at radius 1 is 1.15 bits per heavy atom. The molecule has 1 atom stereocenters. The van der Waals surface area contributed by atoms with Gasteiger partial charge in [-0.15, -0.1) is 0 Å². The molecule has 6 nitrogen and oxygen atoms in total. The lowest BCUT2D eigenvalue weighted by molar-refractivity contribution is -0.123. The second-order valence-corrected chi connectivity index (χ2v) is 7.09. The molecule has 1 heterocycles. The summed E-state index contributed by atoms with van der Waals surface area (Å²) in [7, 11) is 0. The third-order valence-corrected chi connectivity index (χ3v) is 3.87. The van der Waals surface area contributed by atoms with Crippen molar-refractivity contribution in [1.82, 2.24) is 4.98 Å². The molecular formula is C19H20Cl2N2O4. The largest absolute Gasteiger partial charge is 0.493 e. The van der Waals surface area contributed by atoms with Crippen molar-refractivity contribution in [2.75, 3.05) is 11.9 Å². The Kier molecular flexibility index (Phi) is 7.45. The van der Waals surface area contributed by atoms with Crippen LogP contribution in [0.25, 0.3) is 0 Å². The summed E-state index contributed by atoms with van der Waals surface area (Å²) in [5.41, 5.74) is 0.314. The van der Waals surface area contributed by atoms with Crippen molar-refractivity contribution in [2.45, 2.75) is 26.9 Å². The van der Waals surface area contributed by atoms with E-state index in [0.29, 0.717) is 28.9 Å². The van der Waals surface area contributed by atoms with Gasteiger partial charge in [-0.1, -0.05) is 37.0 Å². The van der Waals surface area contributed by atoms with Crippen LogP contribution in [-0.2, 0) is 9.53 Å². The summed E-state index contributed by atoms with van der Waals surface area (Å²) in [6.07, 6.45) is 0.311. The smallest absolute Gasteiger partial charge is 0.338 e. The van der Waals surface area contributed by atoms with E-state index in [2.05, 4.69) is 10.3 Å². The number of aromatic nitrogens is 1. The van der Waals surface area contributed by atoms with E-state index in [1.807, 2.05) is 13.8 Å². The van der Waals surface area contributed by atoms with Crippen LogP contribution in [0, 0.1) is 5.92 Å². The highest BCUT2D eigenvalue weighted by Gasteiger charge is 2.20. The minimum Gasteiger partial charge on any atom is -0.493 e. The van der Waals surface area contributed by atoms with Gasteiger partial charge in [0.2, 0.25) is 0 Å². The van der Waals surface area contributed by atoms with E-state index < -0.39 is 18.0 Å². The molecule has 0 saturated carbocycles. The number of carbonyl (C=O) groups is 2. The highest BCUT2D eigenvalue weighted by Crippen LogP contribution is 2.23. The average molecular weight is 411 g/mol. The standard InChI is InChI=1S/C19H20Cl2N2O4/c1-11(2)10-26-15-6-4-13(5-7-15)19(25)27-12(3)18(24)23-17-16(21)8-14(20)9-22-17/h4-9,11-12H,10H2,1-3H3,(H,22,23,24)/t12-/m0/s1. The van der Waals surface area contributed by atoms with Crippen LogP contribution in [0.5, 0.6) is 5.75 Å². The number of pyridine rings is 1. The van der Waals surface area contributed by atoms with Crippen LogP contribution in [-0.4, -0.2) is 29.6 Å². The van der Waals surface area contributed by atoms with Crippen molar-refractivity contribution in [3.05, 3.63) is 52.1 Å². The van der Waals surface area contributed by atoms with Crippen molar-refractivity contribution in [1.29, 1.82) is 0 Å². The van der Waals surface area contributed by atoms with Gasteiger partial charge in [-0.3, -0.25) is 4.79 Å². The van der Waals surface area contributed by atoms with Crippen LogP contribution < -0.4 is 10.1 Å². The number of ether oxygens (including phenoxy) is 2. The normalized spacial score (nSPS) is 11.8. The highest BCUT2D eigenvalue weighted by atomic mass is 35.5. The Bertz CT molecular complexity index is 810. The third-order valence-electron chi connectivity index (χ3n) is 3.38. The lowest BCUT2D eigenvalue weighted by Crippen LogP contribution is -2.30. The summed E-state index contributed by atoms with van der Waals surface area (Å²) in [5.74, 6) is 0.0212. The first kappa shape index (κ1) is 21.0. The van der Waals surface area contributed by atoms with Crippen LogP contribution in [0.3, 0.4) is 0 Å². The maximum Gasteiger partial charge on any atom is 0.338 e. The molecule has 8 heteroatoms. The number of hydrogen-bond donors (Lipinski definition) is 1. The Morgan fingerprint density at radius 3 is 2.41 bits per heavy atom. The van der Waals surface area contributed by atoms with Gasteiger partial charge < -0.3 is 14.8 Å². The molecule has 0 unspecified atom stereocenters. The number of amides is 1. The Balaban J connectivity index is 1.93. The van der Waals surface area contributed by atoms with E-state index in [4.69, 9.17) is 32.7 Å². The zero-order valence-corrected chi connectivity index (χ0v) is 16.7. The number of halogens is 2. The number of carbonyl (C=O) groups excluding carboxylic acids is 2. The third kappa shape index (κ3) is 6.41. The first-order chi connectivity index (χ1) is 12.8. The quantitative estimate of drug-likeness (QED) is 0.674. The molecule has 0 bridgehead atoms. The number of rotatable bonds is 7. The van der Waals surface area contributed by atoms with Crippen molar-refractivity contribution in [3.8, 4) is 5.75 Å². The maximum absolute atomic E-state index is 12.2. The number of benzene rings is 1. The molecule has 0 aliphatic rings. The van der Waals surface area contributed by atoms with E-state index >= 15 is 0 Å². The minimum absolute atomic E-state index is 0.139. The van der Waals surface area contributed by atoms with Crippen LogP contribution in [0.15, 0.2) is 36.5 Å². The fourth-order valence-electron chi connectivity index (χ4n) is 1.96. The highest BCUT2D eigenvalue weighted by molar-refractivity contribution is 6.36. The molecule has 0 aliphatic heterocycles. The van der Waals surface area contributed by atoms with Gasteiger partial charge in [-0.05, 0) is 43.2 Å². The van der Waals surface area contributed by atoms with Gasteiger partial charge in [0.05, 0.1) is 22.2 Å². The summed E-state index contributed by atoms with van der Waals surface area (Å²) in [5, 5.41) is 3.02. The number of nitrogens with zero attached hydrogens (tertiary/aromatic N) is 1. The van der Waals surface area contributed by atoms with Gasteiger partial charge in [0.1, 0.15) is 5.75 Å². The molecule has 1 aromatic carbocycles. The summed E-state index contributed by atoms with van der Waals surface area (Å²) < 4.78 is 10.7. The second kappa shape index (κ2) is 9.58. The monoisotopic (exact) mass is 410 g/mol. The number of esters is 1. The van der Waals surface area contributed by atoms with Gasteiger partial charge >= 0.3 is 5.97 Å². The Hall–Kier alpha value is -2.31. The van der Waals surface area contributed by atoms with Crippen LogP contribution >= 0.6 is 23.2 Å². The molecule has 1 aromatic heterocycles. The van der Waals surface area contributed by atoms with Crippen LogP contribution in [0.1, 0.15) is 31.1 Å².